The number of anilines is 2. The number of rotatable bonds is 9. The summed E-state index contributed by atoms with van der Waals surface area (Å²) in [5.74, 6) is -1.64. The summed E-state index contributed by atoms with van der Waals surface area (Å²) in [4.78, 5) is 29.5. The van der Waals surface area contributed by atoms with E-state index in [1.165, 1.54) is 26.2 Å². The number of pyridine rings is 1. The number of benzene rings is 2. The number of carbonyl (C=O) groups excluding carboxylic acids is 2. The van der Waals surface area contributed by atoms with E-state index in [1.807, 2.05) is 6.07 Å². The molecule has 1 aromatic heterocycles. The van der Waals surface area contributed by atoms with Crippen LogP contribution in [0.1, 0.15) is 15.9 Å². The smallest absolute Gasteiger partial charge is 0.304 e. The summed E-state index contributed by atoms with van der Waals surface area (Å²) in [5.41, 5.74) is 1.36. The molecule has 0 radical (unpaired) electrons. The third-order valence-corrected chi connectivity index (χ3v) is 6.58. The van der Waals surface area contributed by atoms with Gasteiger partial charge in [-0.25, -0.2) is 8.70 Å². The van der Waals surface area contributed by atoms with Crippen LogP contribution in [0, 0.1) is 5.82 Å². The minimum atomic E-state index is -4.06. The van der Waals surface area contributed by atoms with E-state index in [0.717, 1.165) is 26.3 Å². The van der Waals surface area contributed by atoms with Gasteiger partial charge in [-0.1, -0.05) is 18.2 Å². The summed E-state index contributed by atoms with van der Waals surface area (Å²) in [6.45, 7) is -0.341. The second-order valence-electron chi connectivity index (χ2n) is 7.41. The molecular weight excluding hydrogens is 461 g/mol. The lowest BCUT2D eigenvalue weighted by Gasteiger charge is -2.27. The van der Waals surface area contributed by atoms with Crippen molar-refractivity contribution in [1.82, 2.24) is 14.6 Å². The number of amides is 2. The molecule has 3 aromatic rings. The van der Waals surface area contributed by atoms with Crippen molar-refractivity contribution in [2.24, 2.45) is 0 Å². The highest BCUT2D eigenvalue weighted by atomic mass is 32.2. The zero-order chi connectivity index (χ0) is 24.7. The molecule has 0 unspecified atom stereocenters. The molecule has 0 spiro atoms. The van der Waals surface area contributed by atoms with Crippen molar-refractivity contribution >= 4 is 33.4 Å². The largest absolute Gasteiger partial charge is 0.348 e. The van der Waals surface area contributed by atoms with Crippen LogP contribution in [0.3, 0.4) is 0 Å². The van der Waals surface area contributed by atoms with E-state index in [9.17, 15) is 22.4 Å². The minimum Gasteiger partial charge on any atom is -0.348 e. The predicted molar refractivity (Wildman–Crippen MR) is 127 cm³/mol. The van der Waals surface area contributed by atoms with Crippen molar-refractivity contribution in [3.05, 3.63) is 90.0 Å². The van der Waals surface area contributed by atoms with E-state index in [2.05, 4.69) is 15.6 Å². The Morgan fingerprint density at radius 3 is 2.35 bits per heavy atom. The molecule has 11 heteroatoms. The number of carbonyl (C=O) groups is 2. The number of aromatic nitrogens is 1. The molecule has 2 N–H and O–H groups in total. The highest BCUT2D eigenvalue weighted by Gasteiger charge is 2.27. The molecule has 178 valence electrons. The lowest BCUT2D eigenvalue weighted by Crippen LogP contribution is -2.44. The monoisotopic (exact) mass is 485 g/mol. The van der Waals surface area contributed by atoms with Gasteiger partial charge in [-0.3, -0.25) is 14.6 Å². The molecule has 0 aliphatic heterocycles. The van der Waals surface area contributed by atoms with Gasteiger partial charge in [-0.2, -0.15) is 12.7 Å². The second-order valence-corrected chi connectivity index (χ2v) is 9.48. The van der Waals surface area contributed by atoms with Gasteiger partial charge in [0.05, 0.1) is 16.9 Å². The fourth-order valence-electron chi connectivity index (χ4n) is 3.00. The van der Waals surface area contributed by atoms with Crippen molar-refractivity contribution in [1.29, 1.82) is 0 Å². The molecule has 34 heavy (non-hydrogen) atoms. The Kier molecular flexibility index (Phi) is 7.92. The summed E-state index contributed by atoms with van der Waals surface area (Å²) >= 11 is 0. The van der Waals surface area contributed by atoms with Gasteiger partial charge in [-0.05, 0) is 48.0 Å². The average molecular weight is 486 g/mol. The van der Waals surface area contributed by atoms with E-state index < -0.39 is 34.4 Å². The van der Waals surface area contributed by atoms with Crippen LogP contribution in [0.2, 0.25) is 0 Å². The lowest BCUT2D eigenvalue weighted by molar-refractivity contribution is -0.114. The van der Waals surface area contributed by atoms with Gasteiger partial charge in [-0.15, -0.1) is 0 Å². The van der Waals surface area contributed by atoms with Gasteiger partial charge >= 0.3 is 10.2 Å². The SMILES string of the molecule is CN(C)S(=O)(=O)N(CC(=O)Nc1ccccc1C(=O)NCc1cccnc1)c1ccc(F)cc1. The van der Waals surface area contributed by atoms with Crippen LogP contribution >= 0.6 is 0 Å². The number of halogens is 1. The summed E-state index contributed by atoms with van der Waals surface area (Å²) in [5, 5.41) is 5.36. The molecule has 0 saturated carbocycles. The molecule has 0 aliphatic rings. The molecule has 0 atom stereocenters. The van der Waals surface area contributed by atoms with Crippen molar-refractivity contribution in [2.75, 3.05) is 30.3 Å². The number of nitrogens with one attached hydrogen (secondary N) is 2. The summed E-state index contributed by atoms with van der Waals surface area (Å²) < 4.78 is 40.8. The van der Waals surface area contributed by atoms with Gasteiger partial charge in [0.1, 0.15) is 12.4 Å². The van der Waals surface area contributed by atoms with Crippen LogP contribution in [0.5, 0.6) is 0 Å². The van der Waals surface area contributed by atoms with E-state index >= 15 is 0 Å². The molecule has 0 saturated heterocycles. The molecule has 3 rings (SSSR count). The van der Waals surface area contributed by atoms with E-state index in [-0.39, 0.29) is 23.5 Å². The molecule has 2 amide bonds. The van der Waals surface area contributed by atoms with Crippen molar-refractivity contribution in [2.45, 2.75) is 6.54 Å². The quantitative estimate of drug-likeness (QED) is 0.484. The Hall–Kier alpha value is -3.83. The molecule has 0 bridgehead atoms. The normalized spacial score (nSPS) is 11.2. The number of hydrogen-bond acceptors (Lipinski definition) is 5. The standard InChI is InChI=1S/C23H24FN5O4S/c1-28(2)34(32,33)29(19-11-9-18(24)10-12-19)16-22(30)27-21-8-4-3-7-20(21)23(31)26-15-17-6-5-13-25-14-17/h3-14H,15-16H2,1-2H3,(H,26,31)(H,27,30). The van der Waals surface area contributed by atoms with Crippen LogP contribution in [-0.4, -0.2) is 50.2 Å². The summed E-state index contributed by atoms with van der Waals surface area (Å²) in [6.07, 6.45) is 3.26. The fourth-order valence-corrected chi connectivity index (χ4v) is 4.06. The molecule has 1 heterocycles. The third kappa shape index (κ3) is 6.15. The van der Waals surface area contributed by atoms with Gasteiger partial charge < -0.3 is 10.6 Å². The maximum Gasteiger partial charge on any atom is 0.304 e. The Morgan fingerprint density at radius 2 is 1.71 bits per heavy atom. The second kappa shape index (κ2) is 10.9. The van der Waals surface area contributed by atoms with Gasteiger partial charge in [0.2, 0.25) is 5.91 Å². The summed E-state index contributed by atoms with van der Waals surface area (Å²) in [6, 6.07) is 14.7. The first-order valence-electron chi connectivity index (χ1n) is 10.2. The van der Waals surface area contributed by atoms with Gasteiger partial charge in [0, 0.05) is 33.0 Å². The highest BCUT2D eigenvalue weighted by molar-refractivity contribution is 7.90. The maximum absolute atomic E-state index is 13.3. The Morgan fingerprint density at radius 1 is 1.00 bits per heavy atom. The Bertz CT molecular complexity index is 1250. The highest BCUT2D eigenvalue weighted by Crippen LogP contribution is 2.21. The average Bonchev–Trinajstić information content (AvgIpc) is 2.82. The van der Waals surface area contributed by atoms with Crippen LogP contribution in [-0.2, 0) is 21.5 Å². The van der Waals surface area contributed by atoms with E-state index in [0.29, 0.717) is 0 Å². The van der Waals surface area contributed by atoms with Crippen LogP contribution in [0.15, 0.2) is 73.1 Å². The van der Waals surface area contributed by atoms with Gasteiger partial charge in [0.15, 0.2) is 0 Å². The van der Waals surface area contributed by atoms with Crippen molar-refractivity contribution < 1.29 is 22.4 Å². The fraction of sp³-hybridized carbons (Fsp3) is 0.174. The molecule has 9 nitrogen and oxygen atoms in total. The number of hydrogen-bond donors (Lipinski definition) is 2. The molecule has 0 fully saturated rings. The minimum absolute atomic E-state index is 0.118. The first-order chi connectivity index (χ1) is 16.2. The number of para-hydroxylation sites is 1. The third-order valence-electron chi connectivity index (χ3n) is 4.76. The Labute approximate surface area is 197 Å². The lowest BCUT2D eigenvalue weighted by atomic mass is 10.1. The summed E-state index contributed by atoms with van der Waals surface area (Å²) in [7, 11) is -1.41. The van der Waals surface area contributed by atoms with Crippen LogP contribution < -0.4 is 14.9 Å². The van der Waals surface area contributed by atoms with Gasteiger partial charge in [0.25, 0.3) is 5.91 Å². The zero-order valence-electron chi connectivity index (χ0n) is 18.6. The predicted octanol–water partition coefficient (Wildman–Crippen LogP) is 2.40. The first-order valence-corrected chi connectivity index (χ1v) is 11.6. The van der Waals surface area contributed by atoms with Crippen LogP contribution in [0.25, 0.3) is 0 Å². The molecule has 2 aromatic carbocycles. The Balaban J connectivity index is 1.77. The van der Waals surface area contributed by atoms with E-state index in [1.54, 1.807) is 42.7 Å². The molecule has 0 aliphatic carbocycles. The van der Waals surface area contributed by atoms with Crippen molar-refractivity contribution in [3.63, 3.8) is 0 Å². The zero-order valence-corrected chi connectivity index (χ0v) is 19.4. The van der Waals surface area contributed by atoms with Crippen LogP contribution in [0.4, 0.5) is 15.8 Å². The maximum atomic E-state index is 13.3. The van der Waals surface area contributed by atoms with Crippen molar-refractivity contribution in [3.8, 4) is 0 Å². The first kappa shape index (κ1) is 24.8. The molecular formula is C23H24FN5O4S. The van der Waals surface area contributed by atoms with E-state index in [4.69, 9.17) is 0 Å². The topological polar surface area (TPSA) is 112 Å². The number of nitrogens with zero attached hydrogens (tertiary/aromatic N) is 3.